The van der Waals surface area contributed by atoms with E-state index in [4.69, 9.17) is 5.73 Å². The third-order valence-corrected chi connectivity index (χ3v) is 6.49. The molecule has 0 aliphatic carbocycles. The maximum atomic E-state index is 14.4. The number of hydrogen-bond donors (Lipinski definition) is 4. The molecule has 2 heterocycles. The molecule has 2 amide bonds. The van der Waals surface area contributed by atoms with Crippen LogP contribution < -0.4 is 21.7 Å². The van der Waals surface area contributed by atoms with Gasteiger partial charge in [0.1, 0.15) is 10.8 Å². The Morgan fingerprint density at radius 3 is 2.86 bits per heavy atom. The highest BCUT2D eigenvalue weighted by molar-refractivity contribution is 14.1. The summed E-state index contributed by atoms with van der Waals surface area (Å²) in [5.41, 5.74) is 6.69. The molecule has 0 saturated carbocycles. The van der Waals surface area contributed by atoms with Crippen molar-refractivity contribution in [2.45, 2.75) is 26.7 Å². The van der Waals surface area contributed by atoms with Crippen molar-refractivity contribution >= 4 is 56.4 Å². The molecule has 9 heteroatoms. The first-order valence-corrected chi connectivity index (χ1v) is 11.3. The summed E-state index contributed by atoms with van der Waals surface area (Å²) in [5, 5.41) is 9.30. The van der Waals surface area contributed by atoms with Crippen LogP contribution in [0.3, 0.4) is 0 Å². The third-order valence-electron chi connectivity index (χ3n) is 4.67. The lowest BCUT2D eigenvalue weighted by atomic mass is 9.85. The topological polar surface area (TPSA) is 96.2 Å². The number of carbonyl (C=O) groups excluding carboxylic acids is 2. The minimum Gasteiger partial charge on any atom is -0.352 e. The molecule has 0 spiro atoms. The van der Waals surface area contributed by atoms with Crippen LogP contribution in [-0.2, 0) is 6.42 Å². The van der Waals surface area contributed by atoms with Crippen LogP contribution in [0.1, 0.15) is 45.9 Å². The van der Waals surface area contributed by atoms with Gasteiger partial charge in [-0.3, -0.25) is 9.59 Å². The maximum absolute atomic E-state index is 14.4. The number of anilines is 2. The van der Waals surface area contributed by atoms with Gasteiger partial charge in [0.05, 0.1) is 16.1 Å². The maximum Gasteiger partial charge on any atom is 0.261 e. The Morgan fingerprint density at radius 2 is 2.17 bits per heavy atom. The third kappa shape index (κ3) is 5.07. The summed E-state index contributed by atoms with van der Waals surface area (Å²) in [4.78, 5) is 26.2. The minimum absolute atomic E-state index is 0.206. The van der Waals surface area contributed by atoms with Gasteiger partial charge in [0.25, 0.3) is 11.8 Å². The second-order valence-electron chi connectivity index (χ2n) is 7.78. The number of fused-ring (bicyclic) bond motifs is 1. The first-order chi connectivity index (χ1) is 13.7. The molecule has 0 fully saturated rings. The van der Waals surface area contributed by atoms with E-state index in [0.717, 1.165) is 3.57 Å². The fraction of sp³-hybridized carbons (Fsp3) is 0.400. The van der Waals surface area contributed by atoms with Gasteiger partial charge in [0, 0.05) is 16.7 Å². The van der Waals surface area contributed by atoms with Gasteiger partial charge in [-0.2, -0.15) is 0 Å². The predicted molar refractivity (Wildman–Crippen MR) is 123 cm³/mol. The number of hydrogen-bond acceptors (Lipinski definition) is 5. The first-order valence-electron chi connectivity index (χ1n) is 9.36. The molecule has 1 aromatic heterocycles. The van der Waals surface area contributed by atoms with Gasteiger partial charge < -0.3 is 21.7 Å². The number of halogens is 2. The van der Waals surface area contributed by atoms with Crippen LogP contribution in [0.2, 0.25) is 0 Å². The zero-order valence-electron chi connectivity index (χ0n) is 16.3. The summed E-state index contributed by atoms with van der Waals surface area (Å²) in [6.45, 7) is 5.52. The fourth-order valence-corrected chi connectivity index (χ4v) is 4.79. The average Bonchev–Trinajstić information content (AvgIpc) is 2.94. The molecule has 6 nitrogen and oxygen atoms in total. The summed E-state index contributed by atoms with van der Waals surface area (Å²) in [6, 6.07) is 4.82. The number of nitrogens with two attached hydrogens (primary N) is 1. The van der Waals surface area contributed by atoms with Crippen LogP contribution in [0, 0.1) is 14.8 Å². The molecule has 5 N–H and O–H groups in total. The highest BCUT2D eigenvalue weighted by Crippen LogP contribution is 2.40. The van der Waals surface area contributed by atoms with E-state index < -0.39 is 5.82 Å². The quantitative estimate of drug-likeness (QED) is 0.339. The van der Waals surface area contributed by atoms with Crippen molar-refractivity contribution in [2.75, 3.05) is 25.0 Å². The summed E-state index contributed by atoms with van der Waals surface area (Å²) in [7, 11) is 0. The highest BCUT2D eigenvalue weighted by Gasteiger charge is 2.34. The molecule has 0 atom stereocenters. The second-order valence-corrected chi connectivity index (χ2v) is 10.1. The number of thiophene rings is 1. The Morgan fingerprint density at radius 1 is 1.41 bits per heavy atom. The zero-order chi connectivity index (χ0) is 21.2. The summed E-state index contributed by atoms with van der Waals surface area (Å²) >= 11 is 3.22. The van der Waals surface area contributed by atoms with Crippen LogP contribution in [0.15, 0.2) is 18.2 Å². The van der Waals surface area contributed by atoms with Gasteiger partial charge in [-0.05, 0) is 71.2 Å². The van der Waals surface area contributed by atoms with Gasteiger partial charge in [0.15, 0.2) is 0 Å². The zero-order valence-corrected chi connectivity index (χ0v) is 19.3. The van der Waals surface area contributed by atoms with Gasteiger partial charge in [-0.15, -0.1) is 11.3 Å². The van der Waals surface area contributed by atoms with Gasteiger partial charge in [-0.25, -0.2) is 4.39 Å². The van der Waals surface area contributed by atoms with Gasteiger partial charge in [0.2, 0.25) is 0 Å². The summed E-state index contributed by atoms with van der Waals surface area (Å²) in [6.07, 6.45) is 1.21. The average molecular weight is 530 g/mol. The smallest absolute Gasteiger partial charge is 0.261 e. The lowest BCUT2D eigenvalue weighted by Gasteiger charge is -2.22. The van der Waals surface area contributed by atoms with E-state index in [0.29, 0.717) is 53.5 Å². The van der Waals surface area contributed by atoms with Gasteiger partial charge >= 0.3 is 0 Å². The number of benzene rings is 1. The predicted octanol–water partition coefficient (Wildman–Crippen LogP) is 3.63. The second kappa shape index (κ2) is 8.97. The Balaban J connectivity index is 2.06. The lowest BCUT2D eigenvalue weighted by Crippen LogP contribution is -2.32. The molecule has 0 saturated heterocycles. The molecule has 1 aliphatic heterocycles. The number of carbonyl (C=O) groups is 2. The van der Waals surface area contributed by atoms with Crippen LogP contribution in [-0.4, -0.2) is 31.4 Å². The largest absolute Gasteiger partial charge is 0.352 e. The van der Waals surface area contributed by atoms with Crippen LogP contribution in [0.4, 0.5) is 15.1 Å². The van der Waals surface area contributed by atoms with Crippen LogP contribution >= 0.6 is 33.9 Å². The number of rotatable bonds is 6. The van der Waals surface area contributed by atoms with E-state index in [1.165, 1.54) is 17.4 Å². The SMILES string of the molecule is CC1(C)CNC(=O)c2sc(Nc3ccc(I)cc3F)c(C(=O)NCCCN)c2C1. The lowest BCUT2D eigenvalue weighted by molar-refractivity contribution is 0.0945. The van der Waals surface area contributed by atoms with Crippen LogP contribution in [0.5, 0.6) is 0 Å². The van der Waals surface area contributed by atoms with Gasteiger partial charge in [-0.1, -0.05) is 13.8 Å². The number of nitrogens with one attached hydrogen (secondary N) is 3. The Kier molecular flexibility index (Phi) is 6.79. The normalized spacial score (nSPS) is 15.3. The molecule has 3 rings (SSSR count). The molecule has 0 bridgehead atoms. The first kappa shape index (κ1) is 22.0. The van der Waals surface area contributed by atoms with E-state index >= 15 is 0 Å². The molecule has 0 radical (unpaired) electrons. The molecular formula is C20H24FIN4O2S. The molecular weight excluding hydrogens is 506 g/mol. The van der Waals surface area contributed by atoms with Crippen molar-refractivity contribution in [1.82, 2.24) is 10.6 Å². The summed E-state index contributed by atoms with van der Waals surface area (Å²) in [5.74, 6) is -0.905. The summed E-state index contributed by atoms with van der Waals surface area (Å²) < 4.78 is 15.2. The molecule has 1 aliphatic rings. The standard InChI is InChI=1S/C20H24FIN4O2S/c1-20(2)9-12-15(17(27)24-7-3-6-23)19(29-16(12)18(28)25-10-20)26-14-5-4-11(22)8-13(14)21/h4-5,8,26H,3,6-7,9-10,23H2,1-2H3,(H,24,27)(H,25,28). The Bertz CT molecular complexity index is 945. The van der Waals surface area contributed by atoms with E-state index in [1.807, 2.05) is 36.4 Å². The van der Waals surface area contributed by atoms with Crippen molar-refractivity contribution in [1.29, 1.82) is 0 Å². The van der Waals surface area contributed by atoms with Crippen molar-refractivity contribution in [3.63, 3.8) is 0 Å². The Labute approximate surface area is 187 Å². The van der Waals surface area contributed by atoms with Crippen molar-refractivity contribution in [3.8, 4) is 0 Å². The van der Waals surface area contributed by atoms with Crippen LogP contribution in [0.25, 0.3) is 0 Å². The van der Waals surface area contributed by atoms with E-state index in [9.17, 15) is 14.0 Å². The van der Waals surface area contributed by atoms with Crippen molar-refractivity contribution < 1.29 is 14.0 Å². The molecule has 156 valence electrons. The Hall–Kier alpha value is -1.72. The van der Waals surface area contributed by atoms with E-state index in [1.54, 1.807) is 12.1 Å². The fourth-order valence-electron chi connectivity index (χ4n) is 3.19. The molecule has 29 heavy (non-hydrogen) atoms. The minimum atomic E-state index is -0.417. The van der Waals surface area contributed by atoms with E-state index in [-0.39, 0.29) is 22.9 Å². The van der Waals surface area contributed by atoms with Crippen molar-refractivity contribution in [3.05, 3.63) is 43.6 Å². The van der Waals surface area contributed by atoms with E-state index in [2.05, 4.69) is 16.0 Å². The highest BCUT2D eigenvalue weighted by atomic mass is 127. The molecule has 1 aromatic carbocycles. The monoisotopic (exact) mass is 530 g/mol. The molecule has 2 aromatic rings. The number of amides is 2. The van der Waals surface area contributed by atoms with Crippen molar-refractivity contribution in [2.24, 2.45) is 11.1 Å². The molecule has 0 unspecified atom stereocenters.